The van der Waals surface area contributed by atoms with E-state index in [0.29, 0.717) is 12.5 Å². The summed E-state index contributed by atoms with van der Waals surface area (Å²) in [5.41, 5.74) is 0.731. The van der Waals surface area contributed by atoms with Crippen molar-refractivity contribution in [1.29, 1.82) is 0 Å². The van der Waals surface area contributed by atoms with Gasteiger partial charge in [0.25, 0.3) is 0 Å². The molecule has 1 aliphatic rings. The van der Waals surface area contributed by atoms with E-state index in [9.17, 15) is 10.1 Å². The summed E-state index contributed by atoms with van der Waals surface area (Å²) in [6.45, 7) is 0.608. The highest BCUT2D eigenvalue weighted by Crippen LogP contribution is 2.29. The first-order valence-corrected chi connectivity index (χ1v) is 7.17. The molecule has 0 bridgehead atoms. The number of hydrogen-bond acceptors (Lipinski definition) is 5. The van der Waals surface area contributed by atoms with Crippen molar-refractivity contribution in [3.05, 3.63) is 33.9 Å². The molecule has 6 nitrogen and oxygen atoms in total. The predicted molar refractivity (Wildman–Crippen MR) is 77.3 cm³/mol. The Labute approximate surface area is 123 Å². The summed E-state index contributed by atoms with van der Waals surface area (Å²) in [7, 11) is 1.41. The first-order chi connectivity index (χ1) is 10.1. The quantitative estimate of drug-likeness (QED) is 0.644. The molecule has 0 aliphatic heterocycles. The van der Waals surface area contributed by atoms with Gasteiger partial charge in [-0.1, -0.05) is 6.07 Å². The summed E-state index contributed by atoms with van der Waals surface area (Å²) >= 11 is 0. The number of ether oxygens (including phenoxy) is 2. The van der Waals surface area contributed by atoms with E-state index in [0.717, 1.165) is 31.2 Å². The molecular formula is C15H21NO5. The SMILES string of the molecule is COc1ccc(COC2CCC(CO)CC2)cc1[N+](=O)[O-]. The summed E-state index contributed by atoms with van der Waals surface area (Å²) in [4.78, 5) is 10.5. The van der Waals surface area contributed by atoms with Gasteiger partial charge in [0, 0.05) is 12.7 Å². The molecular weight excluding hydrogens is 274 g/mol. The first-order valence-electron chi connectivity index (χ1n) is 7.17. The lowest BCUT2D eigenvalue weighted by Gasteiger charge is -2.27. The Bertz CT molecular complexity index is 483. The molecule has 116 valence electrons. The predicted octanol–water partition coefficient (Wildman–Crippen LogP) is 2.67. The third-order valence-electron chi connectivity index (χ3n) is 3.98. The molecule has 0 unspecified atom stereocenters. The van der Waals surface area contributed by atoms with Gasteiger partial charge in [-0.3, -0.25) is 10.1 Å². The average Bonchev–Trinajstić information content (AvgIpc) is 2.53. The van der Waals surface area contributed by atoms with Crippen LogP contribution in [0, 0.1) is 16.0 Å². The third-order valence-corrected chi connectivity index (χ3v) is 3.98. The van der Waals surface area contributed by atoms with Crippen molar-refractivity contribution in [1.82, 2.24) is 0 Å². The molecule has 0 radical (unpaired) electrons. The van der Waals surface area contributed by atoms with Crippen LogP contribution in [0.25, 0.3) is 0 Å². The lowest BCUT2D eigenvalue weighted by atomic mass is 9.88. The maximum absolute atomic E-state index is 11.0. The molecule has 2 rings (SSSR count). The molecule has 0 saturated heterocycles. The molecule has 1 aromatic rings. The molecule has 1 aromatic carbocycles. The van der Waals surface area contributed by atoms with Crippen molar-refractivity contribution in [2.75, 3.05) is 13.7 Å². The normalized spacial score (nSPS) is 22.0. The number of nitrogens with zero attached hydrogens (tertiary/aromatic N) is 1. The minimum atomic E-state index is -0.450. The number of benzene rings is 1. The number of aliphatic hydroxyl groups excluding tert-OH is 1. The fourth-order valence-electron chi connectivity index (χ4n) is 2.66. The maximum atomic E-state index is 11.0. The van der Waals surface area contributed by atoms with Crippen molar-refractivity contribution in [3.8, 4) is 5.75 Å². The van der Waals surface area contributed by atoms with E-state index in [2.05, 4.69) is 0 Å². The highest BCUT2D eigenvalue weighted by Gasteiger charge is 2.21. The Kier molecular flexibility index (Phi) is 5.52. The van der Waals surface area contributed by atoms with Crippen LogP contribution in [0.5, 0.6) is 5.75 Å². The van der Waals surface area contributed by atoms with Crippen LogP contribution in [-0.2, 0) is 11.3 Å². The minimum absolute atomic E-state index is 0.0393. The molecule has 0 heterocycles. The Morgan fingerprint density at radius 3 is 2.62 bits per heavy atom. The number of rotatable bonds is 6. The van der Waals surface area contributed by atoms with Gasteiger partial charge < -0.3 is 14.6 Å². The molecule has 1 fully saturated rings. The third kappa shape index (κ3) is 4.15. The van der Waals surface area contributed by atoms with E-state index < -0.39 is 4.92 Å². The van der Waals surface area contributed by atoms with Crippen LogP contribution in [0.3, 0.4) is 0 Å². The molecule has 0 atom stereocenters. The summed E-state index contributed by atoms with van der Waals surface area (Å²) in [6.07, 6.45) is 4.00. The monoisotopic (exact) mass is 295 g/mol. The number of aliphatic hydroxyl groups is 1. The molecule has 6 heteroatoms. The zero-order chi connectivity index (χ0) is 15.2. The van der Waals surface area contributed by atoms with Crippen molar-refractivity contribution in [2.24, 2.45) is 5.92 Å². The van der Waals surface area contributed by atoms with Crippen molar-refractivity contribution >= 4 is 5.69 Å². The number of methoxy groups -OCH3 is 1. The molecule has 0 spiro atoms. The molecule has 21 heavy (non-hydrogen) atoms. The second-order valence-corrected chi connectivity index (χ2v) is 5.40. The van der Waals surface area contributed by atoms with E-state index in [4.69, 9.17) is 14.6 Å². The van der Waals surface area contributed by atoms with Crippen LogP contribution in [0.1, 0.15) is 31.2 Å². The zero-order valence-electron chi connectivity index (χ0n) is 12.2. The Balaban J connectivity index is 1.92. The van der Waals surface area contributed by atoms with E-state index in [1.54, 1.807) is 12.1 Å². The maximum Gasteiger partial charge on any atom is 0.311 e. The van der Waals surface area contributed by atoms with Gasteiger partial charge in [0.2, 0.25) is 0 Å². The lowest BCUT2D eigenvalue weighted by molar-refractivity contribution is -0.385. The summed E-state index contributed by atoms with van der Waals surface area (Å²) < 4.78 is 10.8. The summed E-state index contributed by atoms with van der Waals surface area (Å²) in [6, 6.07) is 4.88. The zero-order valence-corrected chi connectivity index (χ0v) is 12.2. The topological polar surface area (TPSA) is 81.8 Å². The molecule has 1 saturated carbocycles. The van der Waals surface area contributed by atoms with Gasteiger partial charge in [-0.15, -0.1) is 0 Å². The van der Waals surface area contributed by atoms with Crippen molar-refractivity contribution in [2.45, 2.75) is 38.4 Å². The minimum Gasteiger partial charge on any atom is -0.490 e. The van der Waals surface area contributed by atoms with Crippen molar-refractivity contribution < 1.29 is 19.5 Å². The van der Waals surface area contributed by atoms with Crippen LogP contribution in [-0.4, -0.2) is 29.9 Å². The number of nitro groups is 1. The molecule has 0 amide bonds. The average molecular weight is 295 g/mol. The van der Waals surface area contributed by atoms with Crippen LogP contribution in [0.15, 0.2) is 18.2 Å². The van der Waals surface area contributed by atoms with Gasteiger partial charge in [-0.25, -0.2) is 0 Å². The van der Waals surface area contributed by atoms with E-state index >= 15 is 0 Å². The van der Waals surface area contributed by atoms with E-state index in [1.165, 1.54) is 13.2 Å². The van der Waals surface area contributed by atoms with Gasteiger partial charge in [-0.2, -0.15) is 0 Å². The lowest BCUT2D eigenvalue weighted by Crippen LogP contribution is -2.23. The van der Waals surface area contributed by atoms with Gasteiger partial charge in [0.1, 0.15) is 0 Å². The van der Waals surface area contributed by atoms with E-state index in [-0.39, 0.29) is 24.1 Å². The number of hydrogen-bond donors (Lipinski definition) is 1. The Morgan fingerprint density at radius 1 is 1.33 bits per heavy atom. The van der Waals surface area contributed by atoms with Gasteiger partial charge in [-0.05, 0) is 43.2 Å². The van der Waals surface area contributed by atoms with Crippen LogP contribution in [0.4, 0.5) is 5.69 Å². The fraction of sp³-hybridized carbons (Fsp3) is 0.600. The van der Waals surface area contributed by atoms with Crippen LogP contribution >= 0.6 is 0 Å². The van der Waals surface area contributed by atoms with Gasteiger partial charge >= 0.3 is 5.69 Å². The Hall–Kier alpha value is -1.66. The van der Waals surface area contributed by atoms with Gasteiger partial charge in [0.05, 0.1) is 24.7 Å². The van der Waals surface area contributed by atoms with Gasteiger partial charge in [0.15, 0.2) is 5.75 Å². The second kappa shape index (κ2) is 7.38. The van der Waals surface area contributed by atoms with Crippen LogP contribution in [0.2, 0.25) is 0 Å². The standard InChI is InChI=1S/C15H21NO5/c1-20-15-7-4-12(8-14(15)16(18)19)10-21-13-5-2-11(9-17)3-6-13/h4,7-8,11,13,17H,2-3,5-6,9-10H2,1H3. The highest BCUT2D eigenvalue weighted by atomic mass is 16.6. The van der Waals surface area contributed by atoms with E-state index in [1.807, 2.05) is 0 Å². The number of nitro benzene ring substituents is 1. The van der Waals surface area contributed by atoms with Crippen LogP contribution < -0.4 is 4.74 Å². The smallest absolute Gasteiger partial charge is 0.311 e. The Morgan fingerprint density at radius 2 is 2.05 bits per heavy atom. The second-order valence-electron chi connectivity index (χ2n) is 5.40. The first kappa shape index (κ1) is 15.7. The summed E-state index contributed by atoms with van der Waals surface area (Å²) in [5.74, 6) is 0.652. The fourth-order valence-corrected chi connectivity index (χ4v) is 2.66. The molecule has 0 aromatic heterocycles. The largest absolute Gasteiger partial charge is 0.490 e. The summed E-state index contributed by atoms with van der Waals surface area (Å²) in [5, 5.41) is 20.1. The molecule has 1 N–H and O–H groups in total. The van der Waals surface area contributed by atoms with Crippen molar-refractivity contribution in [3.63, 3.8) is 0 Å². The highest BCUT2D eigenvalue weighted by molar-refractivity contribution is 5.48. The molecule has 1 aliphatic carbocycles.